The van der Waals surface area contributed by atoms with Crippen LogP contribution in [0.5, 0.6) is 11.5 Å². The number of amides is 4. The first-order valence-corrected chi connectivity index (χ1v) is 26.8. The molecule has 4 heterocycles. The maximum Gasteiger partial charge on any atom is 0.490 e. The predicted molar refractivity (Wildman–Crippen MR) is 272 cm³/mol. The fourth-order valence-corrected chi connectivity index (χ4v) is 13.5. The van der Waals surface area contributed by atoms with E-state index in [1.54, 1.807) is 22.3 Å². The Morgan fingerprint density at radius 1 is 0.639 bits per heavy atom. The highest BCUT2D eigenvalue weighted by atomic mass is 19.4. The normalized spacial score (nSPS) is 26.1. The number of aliphatic carboxylic acids is 1. The van der Waals surface area contributed by atoms with Crippen LogP contribution in [0.25, 0.3) is 0 Å². The average Bonchev–Trinajstić information content (AvgIpc) is 4.15. The maximum absolute atomic E-state index is 13.2. The van der Waals surface area contributed by atoms with E-state index in [0.29, 0.717) is 30.1 Å². The Bertz CT molecular complexity index is 2410. The van der Waals surface area contributed by atoms with E-state index in [-0.39, 0.29) is 36.2 Å². The number of fused-ring (bicyclic) bond motifs is 10. The van der Waals surface area contributed by atoms with Crippen molar-refractivity contribution in [3.63, 3.8) is 0 Å². The van der Waals surface area contributed by atoms with Crippen molar-refractivity contribution >= 4 is 18.0 Å². The van der Waals surface area contributed by atoms with Crippen LogP contribution >= 0.6 is 0 Å². The molecule has 4 aromatic carbocycles. The molecular formula is C58H73F3N6O5. The van der Waals surface area contributed by atoms with E-state index in [1.165, 1.54) is 64.5 Å². The molecular weight excluding hydrogens is 918 g/mol. The maximum atomic E-state index is 13.2. The molecule has 2 aliphatic carbocycles. The molecule has 2 saturated heterocycles. The van der Waals surface area contributed by atoms with Crippen LogP contribution in [0.4, 0.5) is 22.8 Å². The molecule has 10 rings (SSSR count). The topological polar surface area (TPSA) is 140 Å². The molecule has 3 unspecified atom stereocenters. The minimum atomic E-state index is -5.08. The lowest BCUT2D eigenvalue weighted by Gasteiger charge is -2.41. The van der Waals surface area contributed by atoms with E-state index in [2.05, 4.69) is 107 Å². The lowest BCUT2D eigenvalue weighted by Crippen LogP contribution is -2.47. The number of carboxylic acids is 1. The zero-order valence-corrected chi connectivity index (χ0v) is 41.9. The molecule has 2 saturated carbocycles. The van der Waals surface area contributed by atoms with Gasteiger partial charge in [0.25, 0.3) is 0 Å². The first-order valence-electron chi connectivity index (χ1n) is 26.8. The van der Waals surface area contributed by atoms with Crippen molar-refractivity contribution in [2.75, 3.05) is 13.1 Å². The fraction of sp³-hybridized carbons (Fsp3) is 0.534. The molecule has 386 valence electrons. The van der Waals surface area contributed by atoms with Crippen molar-refractivity contribution < 1.29 is 37.4 Å². The predicted octanol–water partition coefficient (Wildman–Crippen LogP) is 13.4. The van der Waals surface area contributed by atoms with Crippen molar-refractivity contribution in [1.82, 2.24) is 25.3 Å². The molecule has 0 aromatic heterocycles. The number of nitrogens with two attached hydrogens (primary N) is 1. The quantitative estimate of drug-likeness (QED) is 0.0876. The Balaban J connectivity index is 0.000000853. The molecule has 4 aliphatic heterocycles. The van der Waals surface area contributed by atoms with Crippen LogP contribution in [0.2, 0.25) is 0 Å². The Kier molecular flexibility index (Phi) is 16.1. The van der Waals surface area contributed by atoms with E-state index in [1.807, 2.05) is 29.2 Å². The number of carboxylic acid groups (broad SMARTS) is 1. The second-order valence-corrected chi connectivity index (χ2v) is 21.2. The van der Waals surface area contributed by atoms with Crippen molar-refractivity contribution in [2.45, 2.75) is 171 Å². The molecule has 11 nitrogen and oxygen atoms in total. The van der Waals surface area contributed by atoms with Crippen LogP contribution < -0.4 is 21.1 Å². The number of rotatable bonds is 16. The van der Waals surface area contributed by atoms with Crippen molar-refractivity contribution in [3.8, 4) is 11.5 Å². The Hall–Kier alpha value is -5.60. The average molecular weight is 991 g/mol. The third-order valence-corrected chi connectivity index (χ3v) is 17.2. The number of carbonyl (C=O) groups is 3. The van der Waals surface area contributed by atoms with Gasteiger partial charge in [0, 0.05) is 36.3 Å². The van der Waals surface area contributed by atoms with Gasteiger partial charge in [-0.1, -0.05) is 86.6 Å². The summed E-state index contributed by atoms with van der Waals surface area (Å²) in [5, 5.41) is 13.7. The summed E-state index contributed by atoms with van der Waals surface area (Å²) in [6.07, 6.45) is 13.0. The van der Waals surface area contributed by atoms with Crippen LogP contribution in [0, 0.1) is 11.8 Å². The first kappa shape index (κ1) is 51.3. The first-order chi connectivity index (χ1) is 34.8. The lowest BCUT2D eigenvalue weighted by atomic mass is 9.82. The second kappa shape index (κ2) is 22.7. The van der Waals surface area contributed by atoms with Gasteiger partial charge in [-0.25, -0.2) is 14.4 Å². The summed E-state index contributed by atoms with van der Waals surface area (Å²) in [5.41, 5.74) is 14.6. The van der Waals surface area contributed by atoms with E-state index in [9.17, 15) is 22.8 Å². The Morgan fingerprint density at radius 3 is 1.44 bits per heavy atom. The summed E-state index contributed by atoms with van der Waals surface area (Å²) in [7, 11) is 0. The molecule has 4 aromatic rings. The van der Waals surface area contributed by atoms with Gasteiger partial charge in [0.2, 0.25) is 0 Å². The van der Waals surface area contributed by atoms with Gasteiger partial charge in [-0.3, -0.25) is 9.80 Å². The van der Waals surface area contributed by atoms with Crippen LogP contribution in [-0.4, -0.2) is 69.2 Å². The number of ether oxygens (including phenoxy) is 1. The molecule has 6 aliphatic rings. The smallest absolute Gasteiger partial charge is 0.475 e. The second-order valence-electron chi connectivity index (χ2n) is 21.2. The molecule has 4 bridgehead atoms. The van der Waals surface area contributed by atoms with Crippen molar-refractivity contribution in [1.29, 1.82) is 0 Å². The third-order valence-electron chi connectivity index (χ3n) is 17.2. The Labute approximate surface area is 423 Å². The van der Waals surface area contributed by atoms with Gasteiger partial charge in [0.15, 0.2) is 0 Å². The van der Waals surface area contributed by atoms with Gasteiger partial charge >= 0.3 is 24.2 Å². The minimum absolute atomic E-state index is 0.0775. The van der Waals surface area contributed by atoms with Crippen molar-refractivity contribution in [3.05, 3.63) is 130 Å². The summed E-state index contributed by atoms with van der Waals surface area (Å²) in [6, 6.07) is 36.7. The monoisotopic (exact) mass is 991 g/mol. The number of carbonyl (C=O) groups excluding carboxylic acids is 2. The minimum Gasteiger partial charge on any atom is -0.475 e. The number of hydrogen-bond donors (Lipinski definition) is 4. The Morgan fingerprint density at radius 2 is 1.06 bits per heavy atom. The lowest BCUT2D eigenvalue weighted by molar-refractivity contribution is -0.192. The number of urea groups is 2. The molecule has 0 radical (unpaired) electrons. The number of halogens is 3. The van der Waals surface area contributed by atoms with Gasteiger partial charge in [0.1, 0.15) is 11.5 Å². The zero-order chi connectivity index (χ0) is 50.5. The van der Waals surface area contributed by atoms with E-state index >= 15 is 0 Å². The van der Waals surface area contributed by atoms with Gasteiger partial charge < -0.3 is 31.1 Å². The van der Waals surface area contributed by atoms with Crippen LogP contribution in [0.15, 0.2) is 97.1 Å². The van der Waals surface area contributed by atoms with E-state index in [4.69, 9.17) is 20.4 Å². The highest BCUT2D eigenvalue weighted by molar-refractivity contribution is 5.75. The number of nitrogens with one attached hydrogen (secondary N) is 2. The summed E-state index contributed by atoms with van der Waals surface area (Å²) in [4.78, 5) is 42.7. The number of benzene rings is 4. The van der Waals surface area contributed by atoms with Crippen LogP contribution in [0.3, 0.4) is 0 Å². The summed E-state index contributed by atoms with van der Waals surface area (Å²) < 4.78 is 38.0. The summed E-state index contributed by atoms with van der Waals surface area (Å²) >= 11 is 0. The van der Waals surface area contributed by atoms with Crippen molar-refractivity contribution in [2.24, 2.45) is 17.6 Å². The third kappa shape index (κ3) is 11.4. The zero-order valence-electron chi connectivity index (χ0n) is 41.9. The summed E-state index contributed by atoms with van der Waals surface area (Å²) in [5.74, 6) is 0.164. The fourth-order valence-electron chi connectivity index (χ4n) is 13.5. The summed E-state index contributed by atoms with van der Waals surface area (Å²) in [6.45, 7) is 6.62. The van der Waals surface area contributed by atoms with Crippen LogP contribution in [-0.2, 0) is 4.79 Å². The van der Waals surface area contributed by atoms with Gasteiger partial charge in [-0.15, -0.1) is 0 Å². The number of primary amides is 1. The van der Waals surface area contributed by atoms with Gasteiger partial charge in [0.05, 0.1) is 12.1 Å². The molecule has 14 heteroatoms. The van der Waals surface area contributed by atoms with Crippen LogP contribution in [0.1, 0.15) is 186 Å². The van der Waals surface area contributed by atoms with Gasteiger partial charge in [-0.2, -0.15) is 13.2 Å². The number of nitrogens with zero attached hydrogens (tertiary/aromatic N) is 3. The molecule has 0 spiro atoms. The number of alkyl halides is 3. The molecule has 4 fully saturated rings. The molecule has 5 N–H and O–H groups in total. The van der Waals surface area contributed by atoms with Gasteiger partial charge in [-0.05, 0) is 185 Å². The standard InChI is InChI=1S/C56H72N6O3.C2HF3O2/c1-3-49(59-56(64)58-41-21-13-37(14-22-41)33-35-60-51-29-30-52(60)46-10-6-5-9-45(46)51)39-17-25-43(26-18-39)65-44-27-19-40(20-28-44)50(4-2)62(55(57)63)42-23-15-38(16-24-42)34-36-61-53-31-32-54(61)48-12-8-7-11-47(48)53;3-2(4,5)1(6)7/h5-12,17-20,25-28,37-38,41-42,49-54H,3-4,13-16,21-24,29-36H2,1-2H3,(H2,57,63)(H2,58,59,64);(H,6,7)/t37?,38?,41?,42?,49?,50?,51-,52?,53-,54+;/m1./s1. The molecule has 6 atom stereocenters. The molecule has 4 amide bonds. The number of hydrogen-bond acceptors (Lipinski definition) is 6. The highest BCUT2D eigenvalue weighted by Crippen LogP contribution is 2.54. The largest absolute Gasteiger partial charge is 0.490 e. The van der Waals surface area contributed by atoms with E-state index in [0.717, 1.165) is 79.9 Å². The molecule has 72 heavy (non-hydrogen) atoms. The highest BCUT2D eigenvalue weighted by Gasteiger charge is 2.45. The SMILES string of the molecule is CCC(NC(=O)NC1CCC(CCN2C3CC[C@@H]2c2ccccc23)CC1)c1ccc(Oc2ccc(C(CC)N(C(N)=O)C3CCC(CCN4[C@@H]5CC[C@H]4c4ccccc45)CC3)cc2)cc1.O=C(O)C(F)(F)F. The van der Waals surface area contributed by atoms with E-state index < -0.39 is 12.1 Å².